The predicted octanol–water partition coefficient (Wildman–Crippen LogP) is 1.86. The molecule has 1 aromatic rings. The number of ether oxygens (including phenoxy) is 2. The van der Waals surface area contributed by atoms with Crippen LogP contribution in [0.15, 0.2) is 22.1 Å². The maximum atomic E-state index is 13.6. The zero-order chi connectivity index (χ0) is 19.2. The number of aliphatic hydroxyl groups is 1. The van der Waals surface area contributed by atoms with Gasteiger partial charge >= 0.3 is 0 Å². The number of rotatable bonds is 3. The molecule has 146 valence electrons. The Labute approximate surface area is 155 Å². The van der Waals surface area contributed by atoms with Crippen LogP contribution in [0.1, 0.15) is 18.4 Å². The van der Waals surface area contributed by atoms with Crippen molar-refractivity contribution in [3.05, 3.63) is 17.7 Å². The zero-order valence-corrected chi connectivity index (χ0v) is 15.3. The van der Waals surface area contributed by atoms with Gasteiger partial charge in [-0.1, -0.05) is 0 Å². The zero-order valence-electron chi connectivity index (χ0n) is 15.3. The Hall–Kier alpha value is -2.42. The number of methoxy groups -OCH3 is 2. The number of aliphatic imine (C=N–C) groups is 2. The first-order valence-electron chi connectivity index (χ1n) is 8.90. The Bertz CT molecular complexity index is 802. The van der Waals surface area contributed by atoms with Gasteiger partial charge in [0.1, 0.15) is 5.84 Å². The smallest absolute Gasteiger partial charge is 0.251 e. The molecular formula is C18H22F2N4O3. The molecule has 27 heavy (non-hydrogen) atoms. The fraction of sp³-hybridized carbons (Fsp3) is 0.556. The number of amidine groups is 1. The summed E-state index contributed by atoms with van der Waals surface area (Å²) in [6, 6.07) is 3.29. The Balaban J connectivity index is 1.77. The van der Waals surface area contributed by atoms with E-state index in [1.165, 1.54) is 0 Å². The van der Waals surface area contributed by atoms with Crippen molar-refractivity contribution in [1.82, 2.24) is 9.80 Å². The molecule has 1 aromatic carbocycles. The van der Waals surface area contributed by atoms with Gasteiger partial charge in [-0.15, -0.1) is 0 Å². The molecule has 0 spiro atoms. The molecule has 3 aliphatic rings. The number of benzene rings is 1. The highest BCUT2D eigenvalue weighted by Gasteiger charge is 2.41. The standard InChI is InChI=1S/C18H22F2N4O3/c1-26-14-7-12-13(8-15(14)27-2)22-17(23-5-3-18(19,20)4-6-23)24-9-11(10-25)21-16(12)24/h7-8,11,25H,3-6,9-10H2,1-2H3. The first-order valence-corrected chi connectivity index (χ1v) is 8.90. The molecule has 1 unspecified atom stereocenters. The summed E-state index contributed by atoms with van der Waals surface area (Å²) in [7, 11) is 3.10. The minimum absolute atomic E-state index is 0.0893. The van der Waals surface area contributed by atoms with Gasteiger partial charge in [-0.3, -0.25) is 9.89 Å². The molecule has 0 amide bonds. The SMILES string of the molecule is COc1cc2c(cc1OC)C1=NC(CO)CN1C(N1CCC(F)(F)CC1)=N2. The van der Waals surface area contributed by atoms with E-state index in [9.17, 15) is 13.9 Å². The van der Waals surface area contributed by atoms with Crippen molar-refractivity contribution in [2.75, 3.05) is 40.5 Å². The molecule has 1 atom stereocenters. The Kier molecular flexibility index (Phi) is 4.41. The lowest BCUT2D eigenvalue weighted by molar-refractivity contribution is -0.0445. The number of hydrogen-bond acceptors (Lipinski definition) is 7. The second-order valence-corrected chi connectivity index (χ2v) is 6.88. The van der Waals surface area contributed by atoms with Gasteiger partial charge in [0.25, 0.3) is 5.92 Å². The highest BCUT2D eigenvalue weighted by Crippen LogP contribution is 2.40. The minimum Gasteiger partial charge on any atom is -0.493 e. The fourth-order valence-electron chi connectivity index (χ4n) is 3.65. The van der Waals surface area contributed by atoms with E-state index in [4.69, 9.17) is 14.5 Å². The fourth-order valence-corrected chi connectivity index (χ4v) is 3.65. The molecule has 1 saturated heterocycles. The van der Waals surface area contributed by atoms with Crippen LogP contribution in [0.4, 0.5) is 14.5 Å². The normalized spacial score (nSPS) is 23.4. The summed E-state index contributed by atoms with van der Waals surface area (Å²) in [6.45, 7) is 0.823. The van der Waals surface area contributed by atoms with Crippen LogP contribution in [0.25, 0.3) is 0 Å². The highest BCUT2D eigenvalue weighted by atomic mass is 19.3. The van der Waals surface area contributed by atoms with Gasteiger partial charge in [-0.05, 0) is 6.07 Å². The van der Waals surface area contributed by atoms with E-state index in [1.54, 1.807) is 20.3 Å². The number of nitrogens with zero attached hydrogens (tertiary/aromatic N) is 4. The van der Waals surface area contributed by atoms with E-state index in [1.807, 2.05) is 15.9 Å². The summed E-state index contributed by atoms with van der Waals surface area (Å²) in [5, 5.41) is 9.58. The quantitative estimate of drug-likeness (QED) is 0.867. The van der Waals surface area contributed by atoms with E-state index < -0.39 is 5.92 Å². The lowest BCUT2D eigenvalue weighted by Crippen LogP contribution is -2.52. The first-order chi connectivity index (χ1) is 13.0. The number of aliphatic hydroxyl groups excluding tert-OH is 1. The molecule has 7 nitrogen and oxygen atoms in total. The molecule has 0 radical (unpaired) electrons. The Morgan fingerprint density at radius 1 is 1.19 bits per heavy atom. The van der Waals surface area contributed by atoms with E-state index in [0.29, 0.717) is 35.5 Å². The molecule has 1 fully saturated rings. The van der Waals surface area contributed by atoms with Crippen molar-refractivity contribution in [2.45, 2.75) is 24.8 Å². The number of alkyl halides is 2. The van der Waals surface area contributed by atoms with Gasteiger partial charge in [0.2, 0.25) is 5.96 Å². The molecule has 4 rings (SSSR count). The summed E-state index contributed by atoms with van der Waals surface area (Å²) < 4.78 is 37.9. The van der Waals surface area contributed by atoms with Crippen LogP contribution in [-0.4, -0.2) is 79.1 Å². The van der Waals surface area contributed by atoms with Crippen molar-refractivity contribution < 1.29 is 23.4 Å². The second kappa shape index (κ2) is 6.63. The molecule has 9 heteroatoms. The van der Waals surface area contributed by atoms with Gasteiger partial charge < -0.3 is 19.5 Å². The summed E-state index contributed by atoms with van der Waals surface area (Å²) in [4.78, 5) is 13.1. The van der Waals surface area contributed by atoms with Crippen molar-refractivity contribution in [3.8, 4) is 11.5 Å². The number of hydrogen-bond donors (Lipinski definition) is 1. The number of piperidine rings is 1. The Morgan fingerprint density at radius 2 is 1.85 bits per heavy atom. The largest absolute Gasteiger partial charge is 0.493 e. The van der Waals surface area contributed by atoms with Crippen LogP contribution in [0.5, 0.6) is 11.5 Å². The van der Waals surface area contributed by atoms with Crippen LogP contribution in [0.3, 0.4) is 0 Å². The van der Waals surface area contributed by atoms with Gasteiger partial charge in [0, 0.05) is 37.6 Å². The van der Waals surface area contributed by atoms with Crippen molar-refractivity contribution >= 4 is 17.5 Å². The minimum atomic E-state index is -2.63. The van der Waals surface area contributed by atoms with Crippen molar-refractivity contribution in [1.29, 1.82) is 0 Å². The average molecular weight is 380 g/mol. The van der Waals surface area contributed by atoms with Gasteiger partial charge in [-0.2, -0.15) is 0 Å². The number of halogens is 2. The number of fused-ring (bicyclic) bond motifs is 3. The van der Waals surface area contributed by atoms with E-state index in [0.717, 1.165) is 5.56 Å². The third-order valence-electron chi connectivity index (χ3n) is 5.15. The summed E-state index contributed by atoms with van der Waals surface area (Å²) in [5.41, 5.74) is 1.42. The van der Waals surface area contributed by atoms with Gasteiger partial charge in [-0.25, -0.2) is 13.8 Å². The lowest BCUT2D eigenvalue weighted by Gasteiger charge is -2.39. The summed E-state index contributed by atoms with van der Waals surface area (Å²) >= 11 is 0. The van der Waals surface area contributed by atoms with E-state index in [2.05, 4.69) is 4.99 Å². The van der Waals surface area contributed by atoms with Crippen molar-refractivity contribution in [2.24, 2.45) is 9.98 Å². The monoisotopic (exact) mass is 380 g/mol. The highest BCUT2D eigenvalue weighted by molar-refractivity contribution is 6.16. The average Bonchev–Trinajstić information content (AvgIpc) is 3.11. The molecular weight excluding hydrogens is 358 g/mol. The molecule has 0 aliphatic carbocycles. The Morgan fingerprint density at radius 3 is 2.48 bits per heavy atom. The summed E-state index contributed by atoms with van der Waals surface area (Å²) in [6.07, 6.45) is -0.400. The molecule has 0 saturated carbocycles. The van der Waals surface area contributed by atoms with Crippen LogP contribution in [0, 0.1) is 0 Å². The third-order valence-corrected chi connectivity index (χ3v) is 5.15. The summed E-state index contributed by atoms with van der Waals surface area (Å²) in [5.74, 6) is -0.263. The van der Waals surface area contributed by atoms with Gasteiger partial charge in [0.15, 0.2) is 11.5 Å². The molecule has 0 aromatic heterocycles. The maximum absolute atomic E-state index is 13.6. The predicted molar refractivity (Wildman–Crippen MR) is 96.5 cm³/mol. The van der Waals surface area contributed by atoms with E-state index >= 15 is 0 Å². The lowest BCUT2D eigenvalue weighted by atomic mass is 10.1. The van der Waals surface area contributed by atoms with Crippen LogP contribution in [0.2, 0.25) is 0 Å². The third kappa shape index (κ3) is 3.09. The first kappa shape index (κ1) is 18.0. The molecule has 1 N–H and O–H groups in total. The van der Waals surface area contributed by atoms with E-state index in [-0.39, 0.29) is 38.6 Å². The van der Waals surface area contributed by atoms with Crippen LogP contribution < -0.4 is 9.47 Å². The second-order valence-electron chi connectivity index (χ2n) is 6.88. The molecule has 3 heterocycles. The number of guanidine groups is 1. The number of likely N-dealkylation sites (tertiary alicyclic amines) is 1. The van der Waals surface area contributed by atoms with Crippen molar-refractivity contribution in [3.63, 3.8) is 0 Å². The van der Waals surface area contributed by atoms with Crippen LogP contribution in [-0.2, 0) is 0 Å². The van der Waals surface area contributed by atoms with Crippen LogP contribution >= 0.6 is 0 Å². The topological polar surface area (TPSA) is 69.9 Å². The maximum Gasteiger partial charge on any atom is 0.251 e. The van der Waals surface area contributed by atoms with Gasteiger partial charge in [0.05, 0.1) is 39.1 Å². The molecule has 3 aliphatic heterocycles. The molecule has 0 bridgehead atoms.